The fraction of sp³-hybridized carbons (Fsp3) is 0.167. The molecule has 0 saturated carbocycles. The zero-order chi connectivity index (χ0) is 17.9. The second-order valence-corrected chi connectivity index (χ2v) is 6.60. The van der Waals surface area contributed by atoms with Crippen LogP contribution in [0.4, 0.5) is 22.7 Å². The Morgan fingerprint density at radius 2 is 1.76 bits per heavy atom. The largest absolute Gasteiger partial charge is 0.416 e. The molecule has 25 heavy (non-hydrogen) atoms. The number of benzene rings is 2. The van der Waals surface area contributed by atoms with E-state index in [1.54, 1.807) is 12.3 Å². The average molecular weight is 366 g/mol. The van der Waals surface area contributed by atoms with Gasteiger partial charge in [0.1, 0.15) is 5.82 Å². The van der Waals surface area contributed by atoms with Crippen molar-refractivity contribution in [1.29, 1.82) is 0 Å². The van der Waals surface area contributed by atoms with Crippen molar-refractivity contribution in [3.8, 4) is 0 Å². The first kappa shape index (κ1) is 17.4. The summed E-state index contributed by atoms with van der Waals surface area (Å²) in [5.74, 6) is -0.275. The zero-order valence-electron chi connectivity index (χ0n) is 13.0. The van der Waals surface area contributed by atoms with Crippen LogP contribution < -0.4 is 5.32 Å². The molecule has 3 aromatic rings. The van der Waals surface area contributed by atoms with Gasteiger partial charge in [0.15, 0.2) is 5.13 Å². The van der Waals surface area contributed by atoms with Crippen molar-refractivity contribution in [2.45, 2.75) is 19.1 Å². The Morgan fingerprint density at radius 1 is 1.00 bits per heavy atom. The fourth-order valence-corrected chi connectivity index (χ4v) is 3.15. The van der Waals surface area contributed by atoms with Crippen molar-refractivity contribution in [1.82, 2.24) is 4.98 Å². The van der Waals surface area contributed by atoms with Crippen molar-refractivity contribution in [3.63, 3.8) is 0 Å². The summed E-state index contributed by atoms with van der Waals surface area (Å²) in [6.45, 7) is 0.380. The van der Waals surface area contributed by atoms with E-state index in [1.807, 2.05) is 6.07 Å². The first-order valence-corrected chi connectivity index (χ1v) is 8.31. The Balaban J connectivity index is 1.58. The summed E-state index contributed by atoms with van der Waals surface area (Å²) >= 11 is 1.44. The minimum Gasteiger partial charge on any atom is -0.357 e. The van der Waals surface area contributed by atoms with E-state index < -0.39 is 11.7 Å². The number of hydrogen-bond acceptors (Lipinski definition) is 3. The minimum absolute atomic E-state index is 0.275. The number of aromatic nitrogens is 1. The minimum atomic E-state index is -4.33. The van der Waals surface area contributed by atoms with Crippen LogP contribution in [0.3, 0.4) is 0 Å². The van der Waals surface area contributed by atoms with Crippen LogP contribution in [-0.2, 0) is 19.1 Å². The molecule has 0 spiro atoms. The normalized spacial score (nSPS) is 11.5. The number of thiazole rings is 1. The molecule has 0 aliphatic rings. The van der Waals surface area contributed by atoms with Gasteiger partial charge in [0.05, 0.1) is 5.56 Å². The molecular weight excluding hydrogens is 352 g/mol. The zero-order valence-corrected chi connectivity index (χ0v) is 13.8. The van der Waals surface area contributed by atoms with Crippen LogP contribution in [0.5, 0.6) is 0 Å². The Labute approximate surface area is 146 Å². The molecule has 0 aliphatic heterocycles. The summed E-state index contributed by atoms with van der Waals surface area (Å²) in [5, 5.41) is 3.76. The van der Waals surface area contributed by atoms with Crippen molar-refractivity contribution < 1.29 is 17.6 Å². The summed E-state index contributed by atoms with van der Waals surface area (Å²) in [5.41, 5.74) is 0.927. The van der Waals surface area contributed by atoms with E-state index in [-0.39, 0.29) is 5.82 Å². The van der Waals surface area contributed by atoms with Crippen molar-refractivity contribution in [2.75, 3.05) is 5.32 Å². The Kier molecular flexibility index (Phi) is 5.03. The van der Waals surface area contributed by atoms with Crippen LogP contribution in [0.1, 0.15) is 21.6 Å². The average Bonchev–Trinajstić information content (AvgIpc) is 3.00. The molecule has 0 aliphatic carbocycles. The first-order valence-electron chi connectivity index (χ1n) is 7.49. The Bertz CT molecular complexity index is 841. The van der Waals surface area contributed by atoms with Crippen LogP contribution in [0.15, 0.2) is 54.7 Å². The second kappa shape index (κ2) is 7.23. The summed E-state index contributed by atoms with van der Waals surface area (Å²) in [6.07, 6.45) is -2.03. The summed E-state index contributed by atoms with van der Waals surface area (Å²) in [7, 11) is 0. The molecule has 130 valence electrons. The molecule has 1 aromatic heterocycles. The summed E-state index contributed by atoms with van der Waals surface area (Å²) in [4.78, 5) is 5.21. The molecule has 0 atom stereocenters. The molecule has 3 rings (SSSR count). The maximum Gasteiger partial charge on any atom is 0.416 e. The maximum absolute atomic E-state index is 13.2. The number of alkyl halides is 3. The van der Waals surface area contributed by atoms with E-state index in [2.05, 4.69) is 10.3 Å². The molecule has 0 unspecified atom stereocenters. The number of nitrogens with one attached hydrogen (secondary N) is 1. The van der Waals surface area contributed by atoms with Gasteiger partial charge in [-0.05, 0) is 35.4 Å². The lowest BCUT2D eigenvalue weighted by Crippen LogP contribution is -2.05. The quantitative estimate of drug-likeness (QED) is 0.603. The van der Waals surface area contributed by atoms with Gasteiger partial charge in [0.25, 0.3) is 0 Å². The van der Waals surface area contributed by atoms with Crippen LogP contribution in [0.2, 0.25) is 0 Å². The third kappa shape index (κ3) is 4.79. The van der Waals surface area contributed by atoms with E-state index in [1.165, 1.54) is 35.6 Å². The van der Waals surface area contributed by atoms with Gasteiger partial charge in [-0.15, -0.1) is 11.3 Å². The van der Waals surface area contributed by atoms with Gasteiger partial charge in [0.2, 0.25) is 0 Å². The van der Waals surface area contributed by atoms with Crippen molar-refractivity contribution in [3.05, 3.63) is 82.1 Å². The Morgan fingerprint density at radius 3 is 2.44 bits per heavy atom. The van der Waals surface area contributed by atoms with Crippen LogP contribution >= 0.6 is 11.3 Å². The molecule has 1 heterocycles. The van der Waals surface area contributed by atoms with Gasteiger partial charge in [-0.2, -0.15) is 13.2 Å². The molecule has 2 aromatic carbocycles. The number of rotatable bonds is 5. The van der Waals surface area contributed by atoms with Crippen molar-refractivity contribution in [2.24, 2.45) is 0 Å². The number of halogens is 4. The van der Waals surface area contributed by atoms with Crippen molar-refractivity contribution >= 4 is 16.5 Å². The van der Waals surface area contributed by atoms with E-state index in [4.69, 9.17) is 0 Å². The monoisotopic (exact) mass is 366 g/mol. The third-order valence-corrected chi connectivity index (χ3v) is 4.50. The number of anilines is 1. The topological polar surface area (TPSA) is 24.9 Å². The fourth-order valence-electron chi connectivity index (χ4n) is 2.31. The highest BCUT2D eigenvalue weighted by Crippen LogP contribution is 2.29. The van der Waals surface area contributed by atoms with Gasteiger partial charge in [0, 0.05) is 24.0 Å². The Hall–Kier alpha value is -2.41. The van der Waals surface area contributed by atoms with Crippen LogP contribution in [0.25, 0.3) is 0 Å². The highest BCUT2D eigenvalue weighted by atomic mass is 32.1. The SMILES string of the molecule is Fc1cccc(Cc2cnc(NCc3ccc(C(F)(F)F)cc3)s2)c1. The van der Waals surface area contributed by atoms with Crippen LogP contribution in [0, 0.1) is 5.82 Å². The second-order valence-electron chi connectivity index (χ2n) is 5.49. The molecular formula is C18H14F4N2S. The third-order valence-electron chi connectivity index (χ3n) is 3.55. The molecule has 0 saturated heterocycles. The lowest BCUT2D eigenvalue weighted by atomic mass is 10.1. The van der Waals surface area contributed by atoms with Crippen LogP contribution in [-0.4, -0.2) is 4.98 Å². The lowest BCUT2D eigenvalue weighted by molar-refractivity contribution is -0.137. The molecule has 1 N–H and O–H groups in total. The number of hydrogen-bond donors (Lipinski definition) is 1. The van der Waals surface area contributed by atoms with E-state index in [0.29, 0.717) is 18.1 Å². The van der Waals surface area contributed by atoms with Gasteiger partial charge in [-0.25, -0.2) is 9.37 Å². The molecule has 0 amide bonds. The standard InChI is InChI=1S/C18H14F4N2S/c19-15-3-1-2-13(8-15)9-16-11-24-17(25-16)23-10-12-4-6-14(7-5-12)18(20,21)22/h1-8,11H,9-10H2,(H,23,24). The van der Waals surface area contributed by atoms with E-state index >= 15 is 0 Å². The maximum atomic E-state index is 13.2. The predicted molar refractivity (Wildman–Crippen MR) is 90.1 cm³/mol. The summed E-state index contributed by atoms with van der Waals surface area (Å²) in [6, 6.07) is 11.4. The lowest BCUT2D eigenvalue weighted by Gasteiger charge is -2.08. The predicted octanol–water partition coefficient (Wildman–Crippen LogP) is 5.50. The van der Waals surface area contributed by atoms with E-state index in [0.717, 1.165) is 28.1 Å². The first-order chi connectivity index (χ1) is 11.9. The highest BCUT2D eigenvalue weighted by Gasteiger charge is 2.29. The smallest absolute Gasteiger partial charge is 0.357 e. The highest BCUT2D eigenvalue weighted by molar-refractivity contribution is 7.15. The summed E-state index contributed by atoms with van der Waals surface area (Å²) < 4.78 is 50.8. The van der Waals surface area contributed by atoms with Gasteiger partial charge in [-0.1, -0.05) is 24.3 Å². The van der Waals surface area contributed by atoms with Gasteiger partial charge < -0.3 is 5.32 Å². The molecule has 0 bridgehead atoms. The number of nitrogens with zero attached hydrogens (tertiary/aromatic N) is 1. The molecule has 7 heteroatoms. The van der Waals surface area contributed by atoms with Gasteiger partial charge in [-0.3, -0.25) is 0 Å². The molecule has 0 radical (unpaired) electrons. The molecule has 2 nitrogen and oxygen atoms in total. The molecule has 0 fully saturated rings. The van der Waals surface area contributed by atoms with E-state index in [9.17, 15) is 17.6 Å². The van der Waals surface area contributed by atoms with Gasteiger partial charge >= 0.3 is 6.18 Å².